The summed E-state index contributed by atoms with van der Waals surface area (Å²) in [6, 6.07) is 44.6. The number of rotatable bonds is 15. The Morgan fingerprint density at radius 3 is 2.05 bits per heavy atom. The number of hydrogen-bond donors (Lipinski definition) is 1. The second-order valence-electron chi connectivity index (χ2n) is 14.5. The second kappa shape index (κ2) is 17.7. The molecule has 302 valence electrons. The molecule has 5 aromatic carbocycles. The Bertz CT molecular complexity index is 2670. The predicted molar refractivity (Wildman–Crippen MR) is 234 cm³/mol. The van der Waals surface area contributed by atoms with Crippen LogP contribution in [-0.4, -0.2) is 54.8 Å². The van der Waals surface area contributed by atoms with E-state index in [1.165, 1.54) is 0 Å². The monoisotopic (exact) mass is 861 g/mol. The molecule has 0 atom stereocenters. The van der Waals surface area contributed by atoms with E-state index in [1.54, 1.807) is 4.80 Å². The molecule has 3 heterocycles. The molecule has 0 spiro atoms. The molecule has 8 aromatic rings. The molecule has 1 amide bonds. The number of aromatic nitrogens is 6. The van der Waals surface area contributed by atoms with Crippen molar-refractivity contribution in [2.75, 3.05) is 13.2 Å². The highest BCUT2D eigenvalue weighted by molar-refractivity contribution is 9.10. The minimum Gasteiger partial charge on any atom is -0.464 e. The van der Waals surface area contributed by atoms with Gasteiger partial charge in [-0.2, -0.15) is 0 Å². The van der Waals surface area contributed by atoms with Crippen molar-refractivity contribution < 1.29 is 18.7 Å². The van der Waals surface area contributed by atoms with Gasteiger partial charge in [0.25, 0.3) is 5.91 Å². The average molecular weight is 863 g/mol. The van der Waals surface area contributed by atoms with E-state index in [0.717, 1.165) is 61.9 Å². The summed E-state index contributed by atoms with van der Waals surface area (Å²) in [5, 5.41) is 18.2. The van der Waals surface area contributed by atoms with Crippen molar-refractivity contribution in [2.24, 2.45) is 0 Å². The van der Waals surface area contributed by atoms with Crippen molar-refractivity contribution >= 4 is 38.8 Å². The van der Waals surface area contributed by atoms with Gasteiger partial charge in [-0.1, -0.05) is 142 Å². The van der Waals surface area contributed by atoms with E-state index in [1.807, 2.05) is 116 Å². The van der Waals surface area contributed by atoms with Gasteiger partial charge in [-0.15, -0.1) is 15.0 Å². The van der Waals surface area contributed by atoms with Crippen LogP contribution in [0.25, 0.3) is 33.7 Å². The number of imidazole rings is 1. The van der Waals surface area contributed by atoms with Gasteiger partial charge in [-0.05, 0) is 68.9 Å². The molecule has 1 N–H and O–H groups in total. The highest BCUT2D eigenvalue weighted by atomic mass is 79.9. The van der Waals surface area contributed by atoms with Gasteiger partial charge in [-0.3, -0.25) is 9.59 Å². The van der Waals surface area contributed by atoms with Gasteiger partial charge >= 0.3 is 5.97 Å². The van der Waals surface area contributed by atoms with Crippen molar-refractivity contribution in [2.45, 2.75) is 52.1 Å². The van der Waals surface area contributed by atoms with Crippen LogP contribution in [0.2, 0.25) is 0 Å². The number of benzene rings is 5. The minimum atomic E-state index is -0.924. The van der Waals surface area contributed by atoms with E-state index in [0.29, 0.717) is 48.1 Å². The fourth-order valence-corrected chi connectivity index (χ4v) is 8.37. The van der Waals surface area contributed by atoms with E-state index in [2.05, 4.69) is 63.7 Å². The molecule has 0 unspecified atom stereocenters. The lowest BCUT2D eigenvalue weighted by Gasteiger charge is -2.34. The van der Waals surface area contributed by atoms with E-state index >= 15 is 0 Å². The molecule has 0 aliphatic carbocycles. The van der Waals surface area contributed by atoms with Crippen LogP contribution in [0, 0.1) is 6.92 Å². The van der Waals surface area contributed by atoms with Crippen LogP contribution in [0.3, 0.4) is 0 Å². The van der Waals surface area contributed by atoms with Crippen molar-refractivity contribution in [3.63, 3.8) is 0 Å². The molecule has 11 nitrogen and oxygen atoms in total. The van der Waals surface area contributed by atoms with Crippen molar-refractivity contribution in [3.05, 3.63) is 177 Å². The molecule has 0 fully saturated rings. The fraction of sp³-hybridized carbons (Fsp3) is 0.208. The van der Waals surface area contributed by atoms with Gasteiger partial charge in [0.05, 0.1) is 16.8 Å². The van der Waals surface area contributed by atoms with Crippen LogP contribution in [0.15, 0.2) is 142 Å². The molecule has 0 bridgehead atoms. The van der Waals surface area contributed by atoms with Crippen LogP contribution < -0.4 is 5.32 Å². The van der Waals surface area contributed by atoms with E-state index in [9.17, 15) is 9.59 Å². The van der Waals surface area contributed by atoms with Gasteiger partial charge < -0.3 is 19.0 Å². The molecule has 8 rings (SSSR count). The highest BCUT2D eigenvalue weighted by Gasteiger charge is 2.41. The zero-order valence-corrected chi connectivity index (χ0v) is 35.2. The molecule has 0 aliphatic rings. The third-order valence-electron chi connectivity index (χ3n) is 10.6. The molecule has 0 saturated heterocycles. The Kier molecular flexibility index (Phi) is 11.8. The number of carbonyl (C=O) groups excluding carboxylic acids is 2. The SMILES string of the molecule is CCCCOC(=O)CNC(=O)c1c(C)nc(CC)n1Cc1ccc2oc(-c3ccccc3-c3nnn(C(c4ccccc4)(c4ccccc4)c4ccccc4)n3)c(Br)c2c1. The standard InChI is InChI=1S/C48H44BrN7O4/c1-4-6-28-59-42(57)30-50-47(58)44-32(3)51-41(5-2)55(44)31-33-26-27-40-39(29-33)43(49)45(60-40)37-24-16-17-25-38(37)46-52-54-56(53-46)48(34-18-10-7-11-19-34,35-20-12-8-13-21-35)36-22-14-9-15-23-36/h7-27,29H,4-6,28,30-31H2,1-3H3,(H,50,58). The van der Waals surface area contributed by atoms with Gasteiger partial charge in [0, 0.05) is 29.5 Å². The van der Waals surface area contributed by atoms with Crippen molar-refractivity contribution in [3.8, 4) is 22.7 Å². The number of hydrogen-bond acceptors (Lipinski definition) is 8. The average Bonchev–Trinajstić information content (AvgIpc) is 4.00. The predicted octanol–water partition coefficient (Wildman–Crippen LogP) is 9.54. The molecule has 0 aliphatic heterocycles. The number of furan rings is 1. The number of unbranched alkanes of at least 4 members (excludes halogenated alkanes) is 1. The zero-order chi connectivity index (χ0) is 41.6. The van der Waals surface area contributed by atoms with Crippen LogP contribution in [-0.2, 0) is 28.0 Å². The van der Waals surface area contributed by atoms with Crippen LogP contribution in [0.1, 0.15) is 70.9 Å². The van der Waals surface area contributed by atoms with Gasteiger partial charge in [0.2, 0.25) is 5.82 Å². The largest absolute Gasteiger partial charge is 0.464 e. The molecule has 0 radical (unpaired) electrons. The molecule has 12 heteroatoms. The number of ether oxygens (including phenoxy) is 1. The van der Waals surface area contributed by atoms with Gasteiger partial charge in [0.1, 0.15) is 29.4 Å². The van der Waals surface area contributed by atoms with E-state index in [-0.39, 0.29) is 12.5 Å². The van der Waals surface area contributed by atoms with E-state index < -0.39 is 11.5 Å². The molecule has 0 saturated carbocycles. The fourth-order valence-electron chi connectivity index (χ4n) is 7.77. The maximum atomic E-state index is 13.5. The Balaban J connectivity index is 1.14. The van der Waals surface area contributed by atoms with Gasteiger partial charge in [0.15, 0.2) is 5.54 Å². The summed E-state index contributed by atoms with van der Waals surface area (Å²) < 4.78 is 14.5. The number of carbonyl (C=O) groups is 2. The lowest BCUT2D eigenvalue weighted by Crippen LogP contribution is -2.39. The molecule has 60 heavy (non-hydrogen) atoms. The number of tetrazole rings is 1. The first kappa shape index (κ1) is 40.1. The summed E-state index contributed by atoms with van der Waals surface area (Å²) in [5.41, 5.74) is 6.20. The summed E-state index contributed by atoms with van der Waals surface area (Å²) in [6.07, 6.45) is 2.31. The molecular weight excluding hydrogens is 818 g/mol. The van der Waals surface area contributed by atoms with Crippen LogP contribution >= 0.6 is 15.9 Å². The first-order valence-electron chi connectivity index (χ1n) is 20.1. The van der Waals surface area contributed by atoms with Crippen molar-refractivity contribution in [1.29, 1.82) is 0 Å². The summed E-state index contributed by atoms with van der Waals surface area (Å²) in [4.78, 5) is 32.1. The zero-order valence-electron chi connectivity index (χ0n) is 33.6. The lowest BCUT2D eigenvalue weighted by atomic mass is 9.77. The maximum absolute atomic E-state index is 13.5. The summed E-state index contributed by atoms with van der Waals surface area (Å²) in [6.45, 7) is 6.33. The topological polar surface area (TPSA) is 130 Å². The number of fused-ring (bicyclic) bond motifs is 1. The summed E-state index contributed by atoms with van der Waals surface area (Å²) in [5.74, 6) is 0.974. The second-order valence-corrected chi connectivity index (χ2v) is 15.3. The van der Waals surface area contributed by atoms with Crippen molar-refractivity contribution in [1.82, 2.24) is 35.1 Å². The third kappa shape index (κ3) is 7.66. The number of esters is 1. The Hall–Kier alpha value is -6.66. The first-order chi connectivity index (χ1) is 29.3. The highest BCUT2D eigenvalue weighted by Crippen LogP contribution is 2.43. The normalized spacial score (nSPS) is 11.5. The molecule has 3 aromatic heterocycles. The smallest absolute Gasteiger partial charge is 0.325 e. The van der Waals surface area contributed by atoms with Gasteiger partial charge in [-0.25, -0.2) is 4.98 Å². The maximum Gasteiger partial charge on any atom is 0.325 e. The van der Waals surface area contributed by atoms with Crippen LogP contribution in [0.4, 0.5) is 0 Å². The number of nitrogens with one attached hydrogen (secondary N) is 1. The lowest BCUT2D eigenvalue weighted by molar-refractivity contribution is -0.142. The Morgan fingerprint density at radius 2 is 1.43 bits per heavy atom. The first-order valence-corrected chi connectivity index (χ1v) is 20.9. The number of amides is 1. The number of halogens is 1. The number of aryl methyl sites for hydroxylation is 2. The Morgan fingerprint density at radius 1 is 0.817 bits per heavy atom. The molecular formula is C48H44BrN7O4. The van der Waals surface area contributed by atoms with Crippen LogP contribution in [0.5, 0.6) is 0 Å². The number of nitrogens with zero attached hydrogens (tertiary/aromatic N) is 6. The Labute approximate surface area is 356 Å². The minimum absolute atomic E-state index is 0.216. The quantitative estimate of drug-likeness (QED) is 0.0613. The third-order valence-corrected chi connectivity index (χ3v) is 11.4. The summed E-state index contributed by atoms with van der Waals surface area (Å²) in [7, 11) is 0. The van der Waals surface area contributed by atoms with E-state index in [4.69, 9.17) is 29.5 Å². The summed E-state index contributed by atoms with van der Waals surface area (Å²) >= 11 is 3.89.